The molecule has 2 amide bonds. The van der Waals surface area contributed by atoms with Gasteiger partial charge in [-0.3, -0.25) is 9.59 Å². The molecule has 0 heterocycles. The summed E-state index contributed by atoms with van der Waals surface area (Å²) in [5.74, 6) is -0.546. The van der Waals surface area contributed by atoms with Crippen LogP contribution in [0.4, 0.5) is 11.4 Å². The Balaban J connectivity index is 2.14. The molecule has 0 spiro atoms. The first kappa shape index (κ1) is 17.3. The molecule has 2 rings (SSSR count). The van der Waals surface area contributed by atoms with Crippen LogP contribution in [0.25, 0.3) is 0 Å². The zero-order valence-electron chi connectivity index (χ0n) is 12.8. The zero-order valence-corrected chi connectivity index (χ0v) is 14.3. The number of rotatable bonds is 4. The number of anilines is 2. The number of nitrogens with one attached hydrogen (secondary N) is 1. The van der Waals surface area contributed by atoms with Crippen molar-refractivity contribution in [1.82, 2.24) is 0 Å². The number of benzene rings is 2. The molecule has 0 aliphatic carbocycles. The largest absolute Gasteiger partial charge is 0.324 e. The summed E-state index contributed by atoms with van der Waals surface area (Å²) in [5, 5.41) is 3.54. The van der Waals surface area contributed by atoms with Crippen molar-refractivity contribution in [3.05, 3.63) is 58.1 Å². The number of hydrogen-bond donors (Lipinski definition) is 1. The lowest BCUT2D eigenvalue weighted by molar-refractivity contribution is -0.120. The number of aryl methyl sites for hydroxylation is 1. The van der Waals surface area contributed by atoms with Crippen LogP contribution in [0, 0.1) is 6.92 Å². The summed E-state index contributed by atoms with van der Waals surface area (Å²) in [4.78, 5) is 25.5. The third-order valence-electron chi connectivity index (χ3n) is 3.14. The van der Waals surface area contributed by atoms with E-state index in [4.69, 9.17) is 23.2 Å². The number of nitrogens with zero attached hydrogens (tertiary/aromatic N) is 1. The minimum Gasteiger partial charge on any atom is -0.324 e. The average molecular weight is 351 g/mol. The lowest BCUT2D eigenvalue weighted by Gasteiger charge is -2.21. The van der Waals surface area contributed by atoms with Gasteiger partial charge in [0.2, 0.25) is 11.8 Å². The summed E-state index contributed by atoms with van der Waals surface area (Å²) in [5.41, 5.74) is 2.17. The van der Waals surface area contributed by atoms with Crippen molar-refractivity contribution in [1.29, 1.82) is 0 Å². The van der Waals surface area contributed by atoms with Gasteiger partial charge in [0.15, 0.2) is 0 Å². The van der Waals surface area contributed by atoms with Gasteiger partial charge >= 0.3 is 0 Å². The highest BCUT2D eigenvalue weighted by Crippen LogP contribution is 2.22. The molecular formula is C17H16Cl2N2O2. The summed E-state index contributed by atoms with van der Waals surface area (Å²) < 4.78 is 0. The number of halogens is 2. The van der Waals surface area contributed by atoms with Crippen molar-refractivity contribution in [2.45, 2.75) is 13.8 Å². The molecule has 0 unspecified atom stereocenters. The summed E-state index contributed by atoms with van der Waals surface area (Å²) in [7, 11) is 0. The predicted octanol–water partition coefficient (Wildman–Crippen LogP) is 4.29. The second-order valence-corrected chi connectivity index (χ2v) is 6.02. The number of carbonyl (C=O) groups excluding carboxylic acids is 2. The second kappa shape index (κ2) is 7.49. The van der Waals surface area contributed by atoms with Crippen LogP contribution in [0.5, 0.6) is 0 Å². The average Bonchev–Trinajstić information content (AvgIpc) is 2.43. The van der Waals surface area contributed by atoms with E-state index >= 15 is 0 Å². The fourth-order valence-corrected chi connectivity index (χ4v) is 2.68. The van der Waals surface area contributed by atoms with Crippen LogP contribution in [-0.4, -0.2) is 18.4 Å². The maximum absolute atomic E-state index is 12.2. The molecule has 0 bridgehead atoms. The van der Waals surface area contributed by atoms with E-state index in [1.54, 1.807) is 24.3 Å². The normalized spacial score (nSPS) is 10.3. The minimum absolute atomic E-state index is 0.0943. The molecule has 2 aromatic carbocycles. The summed E-state index contributed by atoms with van der Waals surface area (Å²) in [6, 6.07) is 12.2. The van der Waals surface area contributed by atoms with E-state index in [1.165, 1.54) is 11.8 Å². The molecular weight excluding hydrogens is 335 g/mol. The Morgan fingerprint density at radius 1 is 1.09 bits per heavy atom. The van der Waals surface area contributed by atoms with Gasteiger partial charge in [-0.05, 0) is 42.8 Å². The van der Waals surface area contributed by atoms with Gasteiger partial charge in [-0.1, -0.05) is 35.3 Å². The molecule has 120 valence electrons. The fourth-order valence-electron chi connectivity index (χ4n) is 2.15. The Morgan fingerprint density at radius 2 is 1.74 bits per heavy atom. The molecule has 1 N–H and O–H groups in total. The third-order valence-corrected chi connectivity index (χ3v) is 3.58. The maximum atomic E-state index is 12.2. The quantitative estimate of drug-likeness (QED) is 0.893. The van der Waals surface area contributed by atoms with Crippen molar-refractivity contribution < 1.29 is 9.59 Å². The predicted molar refractivity (Wildman–Crippen MR) is 94.3 cm³/mol. The highest BCUT2D eigenvalue weighted by Gasteiger charge is 2.16. The molecule has 6 heteroatoms. The van der Waals surface area contributed by atoms with Gasteiger partial charge in [0.1, 0.15) is 6.54 Å². The van der Waals surface area contributed by atoms with E-state index < -0.39 is 0 Å². The van der Waals surface area contributed by atoms with E-state index in [-0.39, 0.29) is 18.4 Å². The van der Waals surface area contributed by atoms with Crippen molar-refractivity contribution in [3.8, 4) is 0 Å². The van der Waals surface area contributed by atoms with Gasteiger partial charge in [0.05, 0.1) is 0 Å². The highest BCUT2D eigenvalue weighted by atomic mass is 35.5. The van der Waals surface area contributed by atoms with Crippen molar-refractivity contribution in [3.63, 3.8) is 0 Å². The smallest absolute Gasteiger partial charge is 0.244 e. The lowest BCUT2D eigenvalue weighted by Crippen LogP contribution is -2.36. The molecule has 0 saturated carbocycles. The van der Waals surface area contributed by atoms with Gasteiger partial charge < -0.3 is 10.2 Å². The van der Waals surface area contributed by atoms with E-state index in [0.29, 0.717) is 21.4 Å². The molecule has 0 fully saturated rings. The van der Waals surface area contributed by atoms with Gasteiger partial charge in [-0.25, -0.2) is 0 Å². The lowest BCUT2D eigenvalue weighted by atomic mass is 10.2. The SMILES string of the molecule is CC(=O)N(CC(=O)Nc1cc(Cl)cc(Cl)c1)c1cccc(C)c1. The Labute approximate surface area is 145 Å². The summed E-state index contributed by atoms with van der Waals surface area (Å²) in [6.07, 6.45) is 0. The Kier molecular flexibility index (Phi) is 5.64. The van der Waals surface area contributed by atoms with Gasteiger partial charge in [0.25, 0.3) is 0 Å². The monoisotopic (exact) mass is 350 g/mol. The molecule has 0 aliphatic heterocycles. The van der Waals surface area contributed by atoms with Crippen molar-refractivity contribution in [2.75, 3.05) is 16.8 Å². The first-order valence-electron chi connectivity index (χ1n) is 6.96. The minimum atomic E-state index is -0.333. The van der Waals surface area contributed by atoms with E-state index in [1.807, 2.05) is 25.1 Å². The maximum Gasteiger partial charge on any atom is 0.244 e. The Hall–Kier alpha value is -2.04. The first-order chi connectivity index (χ1) is 10.8. The molecule has 4 nitrogen and oxygen atoms in total. The Bertz CT molecular complexity index is 727. The standard InChI is InChI=1S/C17H16Cl2N2O2/c1-11-4-3-5-16(6-11)21(12(2)22)10-17(23)20-15-8-13(18)7-14(19)9-15/h3-9H,10H2,1-2H3,(H,20,23). The molecule has 0 aliphatic rings. The first-order valence-corrected chi connectivity index (χ1v) is 7.71. The Morgan fingerprint density at radius 3 is 2.30 bits per heavy atom. The van der Waals surface area contributed by atoms with Crippen LogP contribution in [0.1, 0.15) is 12.5 Å². The summed E-state index contributed by atoms with van der Waals surface area (Å²) in [6.45, 7) is 3.25. The number of carbonyl (C=O) groups is 2. The van der Waals surface area contributed by atoms with Gasteiger partial charge in [0, 0.05) is 28.3 Å². The van der Waals surface area contributed by atoms with Crippen molar-refractivity contribution >= 4 is 46.4 Å². The molecule has 23 heavy (non-hydrogen) atoms. The second-order valence-electron chi connectivity index (χ2n) is 5.15. The summed E-state index contributed by atoms with van der Waals surface area (Å²) >= 11 is 11.8. The van der Waals surface area contributed by atoms with Gasteiger partial charge in [-0.2, -0.15) is 0 Å². The van der Waals surface area contributed by atoms with Crippen LogP contribution >= 0.6 is 23.2 Å². The van der Waals surface area contributed by atoms with E-state index in [0.717, 1.165) is 5.56 Å². The highest BCUT2D eigenvalue weighted by molar-refractivity contribution is 6.35. The number of amides is 2. The van der Waals surface area contributed by atoms with Crippen LogP contribution in [-0.2, 0) is 9.59 Å². The van der Waals surface area contributed by atoms with Crippen LogP contribution in [0.3, 0.4) is 0 Å². The van der Waals surface area contributed by atoms with Crippen LogP contribution < -0.4 is 10.2 Å². The van der Waals surface area contributed by atoms with Gasteiger partial charge in [-0.15, -0.1) is 0 Å². The molecule has 2 aromatic rings. The topological polar surface area (TPSA) is 49.4 Å². The van der Waals surface area contributed by atoms with Crippen molar-refractivity contribution in [2.24, 2.45) is 0 Å². The fraction of sp³-hybridized carbons (Fsp3) is 0.176. The molecule has 0 aromatic heterocycles. The molecule has 0 saturated heterocycles. The number of hydrogen-bond acceptors (Lipinski definition) is 2. The molecule has 0 atom stereocenters. The molecule has 0 radical (unpaired) electrons. The van der Waals surface area contributed by atoms with E-state index in [9.17, 15) is 9.59 Å². The van der Waals surface area contributed by atoms with Crippen LogP contribution in [0.2, 0.25) is 10.0 Å². The van der Waals surface area contributed by atoms with E-state index in [2.05, 4.69) is 5.32 Å². The van der Waals surface area contributed by atoms with Crippen LogP contribution in [0.15, 0.2) is 42.5 Å². The third kappa shape index (κ3) is 4.98. The zero-order chi connectivity index (χ0) is 17.0.